The first-order valence-electron chi connectivity index (χ1n) is 7.60. The Hall–Kier alpha value is -2.18. The summed E-state index contributed by atoms with van der Waals surface area (Å²) in [5.74, 6) is -0.378. The number of hydrogen-bond acceptors (Lipinski definition) is 3. The second-order valence-corrected chi connectivity index (χ2v) is 7.96. The molecule has 2 rings (SSSR count). The molecule has 5 nitrogen and oxygen atoms in total. The molecule has 0 aromatic heterocycles. The summed E-state index contributed by atoms with van der Waals surface area (Å²) >= 11 is 0. The summed E-state index contributed by atoms with van der Waals surface area (Å²) in [4.78, 5) is 12.4. The molecule has 1 amide bonds. The van der Waals surface area contributed by atoms with Crippen LogP contribution < -0.4 is 5.32 Å². The second-order valence-electron chi connectivity index (χ2n) is 5.95. The third-order valence-corrected chi connectivity index (χ3v) is 5.65. The molecule has 0 heterocycles. The van der Waals surface area contributed by atoms with Gasteiger partial charge < -0.3 is 5.32 Å². The fraction of sp³-hybridized carbons (Fsp3) is 0.278. The van der Waals surface area contributed by atoms with Crippen LogP contribution in [0.3, 0.4) is 0 Å². The fourth-order valence-electron chi connectivity index (χ4n) is 2.36. The van der Waals surface area contributed by atoms with Gasteiger partial charge in [-0.2, -0.15) is 4.31 Å². The van der Waals surface area contributed by atoms with E-state index in [0.29, 0.717) is 11.3 Å². The van der Waals surface area contributed by atoms with Gasteiger partial charge in [-0.1, -0.05) is 24.3 Å². The summed E-state index contributed by atoms with van der Waals surface area (Å²) in [5.41, 5.74) is 3.19. The molecular formula is C18H22N2O3S. The third kappa shape index (κ3) is 4.21. The highest BCUT2D eigenvalue weighted by molar-refractivity contribution is 7.89. The maximum Gasteiger partial charge on any atom is 0.243 e. The monoisotopic (exact) mass is 346 g/mol. The molecule has 0 spiro atoms. The maximum atomic E-state index is 12.7. The Morgan fingerprint density at radius 3 is 2.38 bits per heavy atom. The number of hydrogen-bond donors (Lipinski definition) is 1. The van der Waals surface area contributed by atoms with Crippen molar-refractivity contribution in [2.24, 2.45) is 0 Å². The van der Waals surface area contributed by atoms with Gasteiger partial charge in [0, 0.05) is 12.7 Å². The van der Waals surface area contributed by atoms with Crippen molar-refractivity contribution in [1.29, 1.82) is 0 Å². The zero-order chi connectivity index (χ0) is 17.9. The minimum absolute atomic E-state index is 0.230. The lowest BCUT2D eigenvalue weighted by Crippen LogP contribution is -2.35. The van der Waals surface area contributed by atoms with E-state index in [1.54, 1.807) is 25.1 Å². The van der Waals surface area contributed by atoms with E-state index < -0.39 is 10.0 Å². The van der Waals surface area contributed by atoms with Crippen molar-refractivity contribution in [3.63, 3.8) is 0 Å². The zero-order valence-corrected chi connectivity index (χ0v) is 15.1. The largest absolute Gasteiger partial charge is 0.325 e. The zero-order valence-electron chi connectivity index (χ0n) is 14.3. The predicted octanol–water partition coefficient (Wildman–Crippen LogP) is 2.87. The number of benzene rings is 2. The Kier molecular flexibility index (Phi) is 5.41. The average Bonchev–Trinajstić information content (AvgIpc) is 2.49. The molecule has 0 atom stereocenters. The first-order valence-corrected chi connectivity index (χ1v) is 9.04. The van der Waals surface area contributed by atoms with Crippen LogP contribution in [0.5, 0.6) is 0 Å². The highest BCUT2D eigenvalue weighted by Gasteiger charge is 2.24. The minimum Gasteiger partial charge on any atom is -0.325 e. The number of anilines is 1. The van der Waals surface area contributed by atoms with Crippen molar-refractivity contribution in [1.82, 2.24) is 4.31 Å². The van der Waals surface area contributed by atoms with Crippen LogP contribution in [0.2, 0.25) is 0 Å². The van der Waals surface area contributed by atoms with E-state index in [2.05, 4.69) is 5.32 Å². The maximum absolute atomic E-state index is 12.7. The molecule has 24 heavy (non-hydrogen) atoms. The molecule has 0 aliphatic carbocycles. The molecule has 2 aromatic rings. The van der Waals surface area contributed by atoms with Gasteiger partial charge in [-0.05, 0) is 55.7 Å². The Balaban J connectivity index is 2.14. The van der Waals surface area contributed by atoms with E-state index in [-0.39, 0.29) is 17.3 Å². The van der Waals surface area contributed by atoms with Gasteiger partial charge in [-0.3, -0.25) is 4.79 Å². The van der Waals surface area contributed by atoms with Gasteiger partial charge in [0.2, 0.25) is 15.9 Å². The Labute approximate surface area is 143 Å². The summed E-state index contributed by atoms with van der Waals surface area (Å²) in [6.07, 6.45) is 0. The normalized spacial score (nSPS) is 11.5. The number of aryl methyl sites for hydroxylation is 3. The van der Waals surface area contributed by atoms with Gasteiger partial charge in [-0.25, -0.2) is 8.42 Å². The SMILES string of the molecule is Cc1cccc(NC(=O)CN(C)S(=O)(=O)c2cc(C)ccc2C)c1. The minimum atomic E-state index is -3.72. The Morgan fingerprint density at radius 1 is 1.04 bits per heavy atom. The highest BCUT2D eigenvalue weighted by atomic mass is 32.2. The van der Waals surface area contributed by atoms with Crippen LogP contribution in [-0.4, -0.2) is 32.2 Å². The summed E-state index contributed by atoms with van der Waals surface area (Å²) in [6, 6.07) is 12.6. The van der Waals surface area contributed by atoms with Crippen molar-refractivity contribution in [2.45, 2.75) is 25.7 Å². The first-order chi connectivity index (χ1) is 11.2. The molecule has 128 valence electrons. The van der Waals surface area contributed by atoms with Crippen LogP contribution in [0, 0.1) is 20.8 Å². The third-order valence-electron chi connectivity index (χ3n) is 3.70. The summed E-state index contributed by atoms with van der Waals surface area (Å²) in [5, 5.41) is 2.72. The van der Waals surface area contributed by atoms with Crippen LogP contribution in [0.25, 0.3) is 0 Å². The number of nitrogens with one attached hydrogen (secondary N) is 1. The van der Waals surface area contributed by atoms with E-state index in [1.807, 2.05) is 38.1 Å². The van der Waals surface area contributed by atoms with E-state index in [0.717, 1.165) is 15.4 Å². The molecule has 0 aliphatic heterocycles. The molecule has 2 aromatic carbocycles. The van der Waals surface area contributed by atoms with Gasteiger partial charge in [0.1, 0.15) is 0 Å². The van der Waals surface area contributed by atoms with Crippen LogP contribution in [0.4, 0.5) is 5.69 Å². The van der Waals surface area contributed by atoms with Gasteiger partial charge in [0.25, 0.3) is 0 Å². The lowest BCUT2D eigenvalue weighted by molar-refractivity contribution is -0.116. The number of amides is 1. The van der Waals surface area contributed by atoms with Gasteiger partial charge in [-0.15, -0.1) is 0 Å². The van der Waals surface area contributed by atoms with Crippen molar-refractivity contribution in [3.8, 4) is 0 Å². The van der Waals surface area contributed by atoms with Crippen molar-refractivity contribution < 1.29 is 13.2 Å². The summed E-state index contributed by atoms with van der Waals surface area (Å²) in [6.45, 7) is 5.26. The number of rotatable bonds is 5. The van der Waals surface area contributed by atoms with Crippen LogP contribution in [0.1, 0.15) is 16.7 Å². The number of sulfonamides is 1. The van der Waals surface area contributed by atoms with E-state index >= 15 is 0 Å². The number of nitrogens with zero attached hydrogens (tertiary/aromatic N) is 1. The highest BCUT2D eigenvalue weighted by Crippen LogP contribution is 2.20. The molecule has 0 saturated carbocycles. The van der Waals surface area contributed by atoms with Gasteiger partial charge in [0.05, 0.1) is 11.4 Å². The molecule has 0 unspecified atom stereocenters. The number of carbonyl (C=O) groups is 1. The van der Waals surface area contributed by atoms with Crippen LogP contribution in [0.15, 0.2) is 47.4 Å². The number of carbonyl (C=O) groups excluding carboxylic acids is 1. The number of likely N-dealkylation sites (N-methyl/N-ethyl adjacent to an activating group) is 1. The average molecular weight is 346 g/mol. The molecular weight excluding hydrogens is 324 g/mol. The van der Waals surface area contributed by atoms with E-state index in [4.69, 9.17) is 0 Å². The first kappa shape index (κ1) is 18.2. The smallest absolute Gasteiger partial charge is 0.243 e. The lowest BCUT2D eigenvalue weighted by Gasteiger charge is -2.18. The van der Waals surface area contributed by atoms with Crippen molar-refractivity contribution >= 4 is 21.6 Å². The van der Waals surface area contributed by atoms with Gasteiger partial charge >= 0.3 is 0 Å². The molecule has 0 radical (unpaired) electrons. The van der Waals surface area contributed by atoms with Crippen LogP contribution in [-0.2, 0) is 14.8 Å². The molecule has 0 saturated heterocycles. The van der Waals surface area contributed by atoms with Crippen molar-refractivity contribution in [3.05, 3.63) is 59.2 Å². The second kappa shape index (κ2) is 7.15. The molecule has 1 N–H and O–H groups in total. The fourth-order valence-corrected chi connectivity index (χ4v) is 3.80. The predicted molar refractivity (Wildman–Crippen MR) is 95.5 cm³/mol. The van der Waals surface area contributed by atoms with Crippen LogP contribution >= 0.6 is 0 Å². The molecule has 0 bridgehead atoms. The van der Waals surface area contributed by atoms with E-state index in [1.165, 1.54) is 7.05 Å². The summed E-state index contributed by atoms with van der Waals surface area (Å²) < 4.78 is 26.5. The molecule has 0 aliphatic rings. The standard InChI is InChI=1S/C18H22N2O3S/c1-13-6-5-7-16(10-13)19-18(21)12-20(4)24(22,23)17-11-14(2)8-9-15(17)3/h5-11H,12H2,1-4H3,(H,19,21). The lowest BCUT2D eigenvalue weighted by atomic mass is 10.2. The molecule has 0 fully saturated rings. The topological polar surface area (TPSA) is 66.5 Å². The van der Waals surface area contributed by atoms with Gasteiger partial charge in [0.15, 0.2) is 0 Å². The van der Waals surface area contributed by atoms with E-state index in [9.17, 15) is 13.2 Å². The van der Waals surface area contributed by atoms with Crippen molar-refractivity contribution in [2.75, 3.05) is 18.9 Å². The Bertz CT molecular complexity index is 860. The Morgan fingerprint density at radius 2 is 1.71 bits per heavy atom. The quantitative estimate of drug-likeness (QED) is 0.905. The summed E-state index contributed by atoms with van der Waals surface area (Å²) in [7, 11) is -2.31. The molecule has 6 heteroatoms.